The van der Waals surface area contributed by atoms with Gasteiger partial charge in [-0.1, -0.05) is 29.3 Å². The van der Waals surface area contributed by atoms with E-state index in [9.17, 15) is 0 Å². The lowest BCUT2D eigenvalue weighted by Gasteiger charge is -2.12. The molecule has 0 aliphatic rings. The molecule has 0 spiro atoms. The first-order valence-electron chi connectivity index (χ1n) is 5.26. The molecule has 0 bridgehead atoms. The predicted molar refractivity (Wildman–Crippen MR) is 76.5 cm³/mol. The van der Waals surface area contributed by atoms with Crippen molar-refractivity contribution in [2.45, 2.75) is 6.92 Å². The average Bonchev–Trinajstić information content (AvgIpc) is 2.32. The van der Waals surface area contributed by atoms with Crippen LogP contribution < -0.4 is 16.2 Å². The van der Waals surface area contributed by atoms with Crippen LogP contribution in [-0.2, 0) is 0 Å². The minimum absolute atomic E-state index is 0.404. The number of ether oxygens (including phenoxy) is 1. The molecule has 0 aliphatic carbocycles. The van der Waals surface area contributed by atoms with Gasteiger partial charge < -0.3 is 16.2 Å². The van der Waals surface area contributed by atoms with Crippen molar-refractivity contribution in [1.82, 2.24) is 0 Å². The minimum Gasteiger partial charge on any atom is -0.455 e. The standard InChI is InChI=1S/C13H12Cl2N2O/c1-7-8(14)3-2-4-12(7)18-13-6-11(17)10(16)5-9(13)15/h2-6H,16-17H2,1H3. The van der Waals surface area contributed by atoms with Crippen molar-refractivity contribution in [2.24, 2.45) is 0 Å². The van der Waals surface area contributed by atoms with E-state index in [4.69, 9.17) is 39.4 Å². The van der Waals surface area contributed by atoms with Crippen LogP contribution in [0.25, 0.3) is 0 Å². The van der Waals surface area contributed by atoms with Gasteiger partial charge in [0.05, 0.1) is 16.4 Å². The molecule has 2 aromatic rings. The molecule has 18 heavy (non-hydrogen) atoms. The number of hydrogen-bond donors (Lipinski definition) is 2. The first-order chi connectivity index (χ1) is 8.49. The zero-order chi connectivity index (χ0) is 13.3. The normalized spacial score (nSPS) is 10.4. The van der Waals surface area contributed by atoms with Crippen molar-refractivity contribution in [1.29, 1.82) is 0 Å². The van der Waals surface area contributed by atoms with E-state index in [2.05, 4.69) is 0 Å². The molecule has 0 saturated carbocycles. The third-order valence-corrected chi connectivity index (χ3v) is 3.28. The molecule has 0 heterocycles. The van der Waals surface area contributed by atoms with E-state index in [-0.39, 0.29) is 0 Å². The maximum Gasteiger partial charge on any atom is 0.148 e. The Morgan fingerprint density at radius 1 is 0.944 bits per heavy atom. The van der Waals surface area contributed by atoms with Crippen LogP contribution in [0.2, 0.25) is 10.0 Å². The Hall–Kier alpha value is -1.58. The van der Waals surface area contributed by atoms with Gasteiger partial charge in [-0.25, -0.2) is 0 Å². The molecule has 0 aliphatic heterocycles. The van der Waals surface area contributed by atoms with Gasteiger partial charge in [0.25, 0.3) is 0 Å². The summed E-state index contributed by atoms with van der Waals surface area (Å²) in [6, 6.07) is 8.57. The lowest BCUT2D eigenvalue weighted by Crippen LogP contribution is -1.96. The van der Waals surface area contributed by atoms with Crippen LogP contribution in [0.5, 0.6) is 11.5 Å². The third-order valence-electron chi connectivity index (χ3n) is 2.58. The summed E-state index contributed by atoms with van der Waals surface area (Å²) in [7, 11) is 0. The molecule has 0 atom stereocenters. The van der Waals surface area contributed by atoms with Crippen molar-refractivity contribution in [3.63, 3.8) is 0 Å². The Labute approximate surface area is 115 Å². The minimum atomic E-state index is 0.404. The lowest BCUT2D eigenvalue weighted by atomic mass is 10.2. The molecule has 2 aromatic carbocycles. The van der Waals surface area contributed by atoms with E-state index in [1.165, 1.54) is 0 Å². The van der Waals surface area contributed by atoms with Crippen molar-refractivity contribution in [2.75, 3.05) is 11.5 Å². The van der Waals surface area contributed by atoms with Gasteiger partial charge >= 0.3 is 0 Å². The van der Waals surface area contributed by atoms with Crippen LogP contribution in [0.15, 0.2) is 30.3 Å². The number of nitrogen functional groups attached to an aromatic ring is 2. The van der Waals surface area contributed by atoms with Crippen LogP contribution in [-0.4, -0.2) is 0 Å². The zero-order valence-electron chi connectivity index (χ0n) is 9.71. The molecule has 4 N–H and O–H groups in total. The molecule has 0 radical (unpaired) electrons. The second-order valence-corrected chi connectivity index (χ2v) is 4.69. The molecule has 0 saturated heterocycles. The smallest absolute Gasteiger partial charge is 0.148 e. The lowest BCUT2D eigenvalue weighted by molar-refractivity contribution is 0.479. The van der Waals surface area contributed by atoms with Gasteiger partial charge in [0.2, 0.25) is 0 Å². The van der Waals surface area contributed by atoms with Crippen molar-refractivity contribution < 1.29 is 4.74 Å². The Balaban J connectivity index is 2.40. The summed E-state index contributed by atoms with van der Waals surface area (Å²) in [6.45, 7) is 1.87. The average molecular weight is 283 g/mol. The first kappa shape index (κ1) is 12.9. The maximum atomic E-state index is 6.05. The molecular formula is C13H12Cl2N2O. The number of benzene rings is 2. The van der Waals surface area contributed by atoms with E-state index in [1.807, 2.05) is 13.0 Å². The highest BCUT2D eigenvalue weighted by atomic mass is 35.5. The fraction of sp³-hybridized carbons (Fsp3) is 0.0769. The Bertz CT molecular complexity index is 600. The Morgan fingerprint density at radius 2 is 1.61 bits per heavy atom. The molecule has 0 aromatic heterocycles. The van der Waals surface area contributed by atoms with Gasteiger partial charge in [0, 0.05) is 16.7 Å². The fourth-order valence-corrected chi connectivity index (χ4v) is 1.86. The summed E-state index contributed by atoms with van der Waals surface area (Å²) in [6.07, 6.45) is 0. The molecule has 0 fully saturated rings. The zero-order valence-corrected chi connectivity index (χ0v) is 11.2. The van der Waals surface area contributed by atoms with Crippen molar-refractivity contribution >= 4 is 34.6 Å². The highest BCUT2D eigenvalue weighted by Crippen LogP contribution is 2.36. The quantitative estimate of drug-likeness (QED) is 0.809. The molecular weight excluding hydrogens is 271 g/mol. The molecule has 0 unspecified atom stereocenters. The Morgan fingerprint density at radius 3 is 2.33 bits per heavy atom. The van der Waals surface area contributed by atoms with Crippen molar-refractivity contribution in [3.8, 4) is 11.5 Å². The van der Waals surface area contributed by atoms with Crippen LogP contribution in [0, 0.1) is 6.92 Å². The van der Waals surface area contributed by atoms with Gasteiger partial charge in [-0.15, -0.1) is 0 Å². The number of rotatable bonds is 2. The second-order valence-electron chi connectivity index (χ2n) is 3.88. The number of anilines is 2. The maximum absolute atomic E-state index is 6.05. The number of halogens is 2. The highest BCUT2D eigenvalue weighted by Gasteiger charge is 2.09. The van der Waals surface area contributed by atoms with Crippen LogP contribution >= 0.6 is 23.2 Å². The summed E-state index contributed by atoms with van der Waals surface area (Å²) in [5, 5.41) is 1.04. The van der Waals surface area contributed by atoms with E-state index in [0.717, 1.165) is 5.56 Å². The first-order valence-corrected chi connectivity index (χ1v) is 6.02. The fourth-order valence-electron chi connectivity index (χ4n) is 1.48. The SMILES string of the molecule is Cc1c(Cl)cccc1Oc1cc(N)c(N)cc1Cl. The van der Waals surface area contributed by atoms with E-state index >= 15 is 0 Å². The number of hydrogen-bond acceptors (Lipinski definition) is 3. The van der Waals surface area contributed by atoms with Gasteiger partial charge in [0.15, 0.2) is 0 Å². The highest BCUT2D eigenvalue weighted by molar-refractivity contribution is 6.32. The van der Waals surface area contributed by atoms with Crippen molar-refractivity contribution in [3.05, 3.63) is 45.9 Å². The molecule has 3 nitrogen and oxygen atoms in total. The largest absolute Gasteiger partial charge is 0.455 e. The Kier molecular flexibility index (Phi) is 3.55. The van der Waals surface area contributed by atoms with Gasteiger partial charge in [-0.3, -0.25) is 0 Å². The second kappa shape index (κ2) is 4.96. The topological polar surface area (TPSA) is 61.3 Å². The van der Waals surface area contributed by atoms with E-state index in [0.29, 0.717) is 32.9 Å². The summed E-state index contributed by atoms with van der Waals surface area (Å²) in [5.41, 5.74) is 13.1. The molecule has 5 heteroatoms. The van der Waals surface area contributed by atoms with Crippen LogP contribution in [0.1, 0.15) is 5.56 Å². The summed E-state index contributed by atoms with van der Waals surface area (Å²) in [5.74, 6) is 1.09. The van der Waals surface area contributed by atoms with Gasteiger partial charge in [0.1, 0.15) is 11.5 Å². The van der Waals surface area contributed by atoms with Gasteiger partial charge in [-0.05, 0) is 25.1 Å². The summed E-state index contributed by atoms with van der Waals surface area (Å²) in [4.78, 5) is 0. The van der Waals surface area contributed by atoms with Crippen LogP contribution in [0.3, 0.4) is 0 Å². The summed E-state index contributed by atoms with van der Waals surface area (Å²) < 4.78 is 5.70. The van der Waals surface area contributed by atoms with Crippen LogP contribution in [0.4, 0.5) is 11.4 Å². The predicted octanol–water partition coefficient (Wildman–Crippen LogP) is 4.26. The summed E-state index contributed by atoms with van der Waals surface area (Å²) >= 11 is 12.1. The molecule has 2 rings (SSSR count). The van der Waals surface area contributed by atoms with E-state index < -0.39 is 0 Å². The third kappa shape index (κ3) is 2.47. The van der Waals surface area contributed by atoms with Gasteiger partial charge in [-0.2, -0.15) is 0 Å². The molecule has 94 valence electrons. The number of nitrogens with two attached hydrogens (primary N) is 2. The van der Waals surface area contributed by atoms with E-state index in [1.54, 1.807) is 24.3 Å². The monoisotopic (exact) mass is 282 g/mol. The molecule has 0 amide bonds.